The zero-order chi connectivity index (χ0) is 23.2. The third kappa shape index (κ3) is 5.03. The number of para-hydroxylation sites is 2. The van der Waals surface area contributed by atoms with Gasteiger partial charge in [-0.05, 0) is 57.4 Å². The van der Waals surface area contributed by atoms with Crippen LogP contribution in [-0.2, 0) is 0 Å². The number of nitrogens with one attached hydrogen (secondary N) is 1. The van der Waals surface area contributed by atoms with Gasteiger partial charge >= 0.3 is 0 Å². The summed E-state index contributed by atoms with van der Waals surface area (Å²) >= 11 is 0. The summed E-state index contributed by atoms with van der Waals surface area (Å²) in [6.07, 6.45) is 4.24. The van der Waals surface area contributed by atoms with E-state index in [1.807, 2.05) is 60.4 Å². The Morgan fingerprint density at radius 3 is 2.58 bits per heavy atom. The maximum absolute atomic E-state index is 13.5. The molecule has 33 heavy (non-hydrogen) atoms. The molecule has 7 heteroatoms. The van der Waals surface area contributed by atoms with Gasteiger partial charge in [-0.2, -0.15) is 0 Å². The van der Waals surface area contributed by atoms with E-state index in [1.54, 1.807) is 19.2 Å². The number of rotatable bonds is 6. The van der Waals surface area contributed by atoms with Gasteiger partial charge in [0.1, 0.15) is 5.75 Å². The molecule has 0 bridgehead atoms. The maximum Gasteiger partial charge on any atom is 0.259 e. The Kier molecular flexibility index (Phi) is 6.98. The van der Waals surface area contributed by atoms with Gasteiger partial charge < -0.3 is 15.0 Å². The number of aromatic nitrogens is 2. The highest BCUT2D eigenvalue weighted by molar-refractivity contribution is 6.04. The highest BCUT2D eigenvalue weighted by Crippen LogP contribution is 2.32. The third-order valence-corrected chi connectivity index (χ3v) is 5.75. The molecule has 2 amide bonds. The summed E-state index contributed by atoms with van der Waals surface area (Å²) in [6, 6.07) is 16.3. The minimum absolute atomic E-state index is 0.0871. The number of benzene rings is 2. The lowest BCUT2D eigenvalue weighted by atomic mass is 9.99. The molecule has 7 nitrogen and oxygen atoms in total. The molecule has 0 radical (unpaired) electrons. The number of likely N-dealkylation sites (tertiary alicyclic amines) is 1. The van der Waals surface area contributed by atoms with Crippen LogP contribution < -0.4 is 10.1 Å². The Morgan fingerprint density at radius 1 is 1.06 bits per heavy atom. The standard InChI is InChI=1S/C26H28N4O3/c1-3-33-23-15-8-7-13-20(23)26(32)30-16-10-9-14-22(30)24-27-17-21(18(2)28-24)25(31)29-19-11-5-4-6-12-19/h4-8,11-13,15,17,22H,3,9-10,14,16H2,1-2H3,(H,29,31)/t22-/m0/s1. The van der Waals surface area contributed by atoms with Gasteiger partial charge in [-0.1, -0.05) is 30.3 Å². The first-order chi connectivity index (χ1) is 16.1. The van der Waals surface area contributed by atoms with Crippen LogP contribution >= 0.6 is 0 Å². The topological polar surface area (TPSA) is 84.4 Å². The number of ether oxygens (including phenoxy) is 1. The van der Waals surface area contributed by atoms with Crippen molar-refractivity contribution in [3.05, 3.63) is 83.4 Å². The summed E-state index contributed by atoms with van der Waals surface area (Å²) in [5, 5.41) is 2.87. The lowest BCUT2D eigenvalue weighted by Gasteiger charge is -2.35. The average Bonchev–Trinajstić information content (AvgIpc) is 2.84. The first-order valence-electron chi connectivity index (χ1n) is 11.3. The Balaban J connectivity index is 1.57. The number of aryl methyl sites for hydroxylation is 1. The van der Waals surface area contributed by atoms with E-state index in [1.165, 1.54) is 0 Å². The highest BCUT2D eigenvalue weighted by Gasteiger charge is 2.32. The maximum atomic E-state index is 13.5. The molecule has 1 aromatic heterocycles. The quantitative estimate of drug-likeness (QED) is 0.590. The van der Waals surface area contributed by atoms with Gasteiger partial charge in [-0.3, -0.25) is 9.59 Å². The van der Waals surface area contributed by atoms with Gasteiger partial charge in [0.2, 0.25) is 0 Å². The Morgan fingerprint density at radius 2 is 1.82 bits per heavy atom. The zero-order valence-corrected chi connectivity index (χ0v) is 19.0. The second-order valence-corrected chi connectivity index (χ2v) is 7.99. The summed E-state index contributed by atoms with van der Waals surface area (Å²) in [6.45, 7) is 4.81. The number of anilines is 1. The van der Waals surface area contributed by atoms with E-state index in [-0.39, 0.29) is 17.9 Å². The van der Waals surface area contributed by atoms with Gasteiger partial charge in [0, 0.05) is 18.4 Å². The van der Waals surface area contributed by atoms with Crippen molar-refractivity contribution in [1.29, 1.82) is 0 Å². The van der Waals surface area contributed by atoms with E-state index in [9.17, 15) is 9.59 Å². The lowest BCUT2D eigenvalue weighted by molar-refractivity contribution is 0.0595. The van der Waals surface area contributed by atoms with Crippen molar-refractivity contribution in [1.82, 2.24) is 14.9 Å². The second kappa shape index (κ2) is 10.3. The molecule has 0 unspecified atom stereocenters. The van der Waals surface area contributed by atoms with E-state index >= 15 is 0 Å². The number of amides is 2. The van der Waals surface area contributed by atoms with E-state index in [0.29, 0.717) is 47.2 Å². The largest absolute Gasteiger partial charge is 0.493 e. The summed E-state index contributed by atoms with van der Waals surface area (Å²) in [5.74, 6) is 0.799. The number of nitrogens with zero attached hydrogens (tertiary/aromatic N) is 3. The van der Waals surface area contributed by atoms with Crippen LogP contribution in [0.4, 0.5) is 5.69 Å². The number of hydrogen-bond donors (Lipinski definition) is 1. The minimum Gasteiger partial charge on any atom is -0.493 e. The molecule has 4 rings (SSSR count). The number of carbonyl (C=O) groups excluding carboxylic acids is 2. The molecule has 1 fully saturated rings. The van der Waals surface area contributed by atoms with Crippen molar-refractivity contribution in [3.63, 3.8) is 0 Å². The van der Waals surface area contributed by atoms with Crippen molar-refractivity contribution in [3.8, 4) is 5.75 Å². The molecule has 3 aromatic rings. The summed E-state index contributed by atoms with van der Waals surface area (Å²) < 4.78 is 5.68. The molecule has 2 aromatic carbocycles. The molecule has 0 saturated carbocycles. The Hall–Kier alpha value is -3.74. The Labute approximate surface area is 193 Å². The van der Waals surface area contributed by atoms with Crippen molar-refractivity contribution in [2.45, 2.75) is 39.2 Å². The minimum atomic E-state index is -0.257. The summed E-state index contributed by atoms with van der Waals surface area (Å²) in [7, 11) is 0. The average molecular weight is 445 g/mol. The van der Waals surface area contributed by atoms with Crippen LogP contribution in [-0.4, -0.2) is 39.8 Å². The fourth-order valence-corrected chi connectivity index (χ4v) is 4.11. The molecule has 1 N–H and O–H groups in total. The first-order valence-corrected chi connectivity index (χ1v) is 11.3. The molecule has 1 aliphatic heterocycles. The monoisotopic (exact) mass is 444 g/mol. The fraction of sp³-hybridized carbons (Fsp3) is 0.308. The zero-order valence-electron chi connectivity index (χ0n) is 19.0. The van der Waals surface area contributed by atoms with Crippen LogP contribution in [0.5, 0.6) is 5.75 Å². The number of hydrogen-bond acceptors (Lipinski definition) is 5. The van der Waals surface area contributed by atoms with E-state index in [0.717, 1.165) is 19.3 Å². The van der Waals surface area contributed by atoms with Crippen LogP contribution in [0.2, 0.25) is 0 Å². The summed E-state index contributed by atoms with van der Waals surface area (Å²) in [5.41, 5.74) is 2.25. The molecule has 170 valence electrons. The lowest BCUT2D eigenvalue weighted by Crippen LogP contribution is -2.39. The molecule has 0 spiro atoms. The Bertz CT molecular complexity index is 1130. The van der Waals surface area contributed by atoms with Crippen LogP contribution in [0.3, 0.4) is 0 Å². The molecule has 1 aliphatic rings. The van der Waals surface area contributed by atoms with Crippen molar-refractivity contribution in [2.24, 2.45) is 0 Å². The predicted molar refractivity (Wildman–Crippen MR) is 126 cm³/mol. The SMILES string of the molecule is CCOc1ccccc1C(=O)N1CCCC[C@H]1c1ncc(C(=O)Nc2ccccc2)c(C)n1. The van der Waals surface area contributed by atoms with Crippen molar-refractivity contribution >= 4 is 17.5 Å². The summed E-state index contributed by atoms with van der Waals surface area (Å²) in [4.78, 5) is 37.2. The normalized spacial score (nSPS) is 15.7. The van der Waals surface area contributed by atoms with Gasteiger partial charge in [0.15, 0.2) is 5.82 Å². The van der Waals surface area contributed by atoms with Crippen LogP contribution in [0.25, 0.3) is 0 Å². The van der Waals surface area contributed by atoms with E-state index < -0.39 is 0 Å². The van der Waals surface area contributed by atoms with Gasteiger partial charge in [-0.25, -0.2) is 9.97 Å². The third-order valence-electron chi connectivity index (χ3n) is 5.75. The second-order valence-electron chi connectivity index (χ2n) is 7.99. The van der Waals surface area contributed by atoms with Crippen LogP contribution in [0, 0.1) is 6.92 Å². The van der Waals surface area contributed by atoms with Gasteiger partial charge in [-0.15, -0.1) is 0 Å². The number of carbonyl (C=O) groups is 2. The van der Waals surface area contributed by atoms with Gasteiger partial charge in [0.05, 0.1) is 29.5 Å². The molecular weight excluding hydrogens is 416 g/mol. The molecule has 1 atom stereocenters. The van der Waals surface area contributed by atoms with Crippen molar-refractivity contribution in [2.75, 3.05) is 18.5 Å². The van der Waals surface area contributed by atoms with E-state index in [2.05, 4.69) is 15.3 Å². The predicted octanol–water partition coefficient (Wildman–Crippen LogP) is 4.80. The smallest absolute Gasteiger partial charge is 0.259 e. The van der Waals surface area contributed by atoms with Crippen molar-refractivity contribution < 1.29 is 14.3 Å². The molecular formula is C26H28N4O3. The highest BCUT2D eigenvalue weighted by atomic mass is 16.5. The number of piperidine rings is 1. The van der Waals surface area contributed by atoms with Crippen LogP contribution in [0.15, 0.2) is 60.8 Å². The van der Waals surface area contributed by atoms with Crippen LogP contribution in [0.1, 0.15) is 64.5 Å². The fourth-order valence-electron chi connectivity index (χ4n) is 4.11. The first kappa shape index (κ1) is 22.5. The van der Waals surface area contributed by atoms with E-state index in [4.69, 9.17) is 4.74 Å². The van der Waals surface area contributed by atoms with Gasteiger partial charge in [0.25, 0.3) is 11.8 Å². The molecule has 0 aliphatic carbocycles. The molecule has 1 saturated heterocycles. The molecule has 2 heterocycles.